The lowest BCUT2D eigenvalue weighted by Gasteiger charge is -2.11. The lowest BCUT2D eigenvalue weighted by atomic mass is 10.7. The largest absolute Gasteiger partial charge is 0.460 e. The summed E-state index contributed by atoms with van der Waals surface area (Å²) in [6.07, 6.45) is 4.07. The molecule has 0 spiro atoms. The zero-order valence-corrected chi connectivity index (χ0v) is 10.5. The van der Waals surface area contributed by atoms with Gasteiger partial charge in [-0.05, 0) is 0 Å². The molecule has 0 radical (unpaired) electrons. The number of rotatable bonds is 0. The Labute approximate surface area is 102 Å². The summed E-state index contributed by atoms with van der Waals surface area (Å²) in [7, 11) is -0.181. The second kappa shape index (κ2) is 5.72. The van der Waals surface area contributed by atoms with Gasteiger partial charge in [0.25, 0.3) is 5.82 Å². The van der Waals surface area contributed by atoms with Crippen molar-refractivity contribution >= 4 is 10.7 Å². The van der Waals surface area contributed by atoms with E-state index < -0.39 is 21.7 Å². The van der Waals surface area contributed by atoms with Gasteiger partial charge in [-0.15, -0.1) is 0 Å². The fourth-order valence-corrected chi connectivity index (χ4v) is 1.06. The summed E-state index contributed by atoms with van der Waals surface area (Å²) in [6, 6.07) is 0. The van der Waals surface area contributed by atoms with E-state index in [1.807, 2.05) is 26.5 Å². The van der Waals surface area contributed by atoms with E-state index in [9.17, 15) is 26.3 Å². The van der Waals surface area contributed by atoms with Crippen LogP contribution in [-0.4, -0.2) is 15.6 Å². The van der Waals surface area contributed by atoms with E-state index in [1.165, 1.54) is 5.82 Å². The van der Waals surface area contributed by atoms with Crippen LogP contribution >= 0.6 is 0 Å². The van der Waals surface area contributed by atoms with Crippen molar-refractivity contribution in [2.75, 3.05) is 0 Å². The number of halogens is 6. The van der Waals surface area contributed by atoms with Gasteiger partial charge >= 0.3 is 11.0 Å². The van der Waals surface area contributed by atoms with E-state index in [-0.39, 0.29) is 0 Å². The lowest BCUT2D eigenvalue weighted by Crippen LogP contribution is -2.29. The molecular formula is C8H12F6N3S+. The zero-order chi connectivity index (χ0) is 14.7. The molecule has 0 fully saturated rings. The molecule has 0 bridgehead atoms. The summed E-state index contributed by atoms with van der Waals surface area (Å²) in [6.45, 7) is 2.08. The Balaban J connectivity index is 0.000000327. The third-order valence-corrected chi connectivity index (χ3v) is 2.92. The third-order valence-electron chi connectivity index (χ3n) is 2.00. The maximum Gasteiger partial charge on any atom is 0.460 e. The molecule has 3 nitrogen and oxygen atoms in total. The standard InChI is InChI=1S/C6H11N2.C2HF6NS/c1-6-7(2)4-5-8(6)3;3-1(4,5)10(9)2(6,7)8/h4-5H,1-3H3;9H/q+1;. The third kappa shape index (κ3) is 5.07. The Hall–Kier alpha value is -1.06. The average Bonchev–Trinajstić information content (AvgIpc) is 2.47. The van der Waals surface area contributed by atoms with Gasteiger partial charge in [0.2, 0.25) is 0 Å². The van der Waals surface area contributed by atoms with Crippen LogP contribution < -0.4 is 4.57 Å². The Morgan fingerprint density at radius 3 is 1.61 bits per heavy atom. The molecule has 18 heavy (non-hydrogen) atoms. The molecule has 0 atom stereocenters. The molecule has 1 rings (SSSR count). The first-order valence-corrected chi connectivity index (χ1v) is 5.66. The Kier molecular flexibility index (Phi) is 5.38. The molecule has 0 saturated carbocycles. The highest BCUT2D eigenvalue weighted by Gasteiger charge is 2.50. The molecular weight excluding hydrogens is 284 g/mol. The predicted molar refractivity (Wildman–Crippen MR) is 53.5 cm³/mol. The maximum atomic E-state index is 11.0. The molecule has 1 aromatic heterocycles. The highest BCUT2D eigenvalue weighted by atomic mass is 32.2. The van der Waals surface area contributed by atoms with Gasteiger partial charge in [-0.3, -0.25) is 4.78 Å². The van der Waals surface area contributed by atoms with Crippen LogP contribution in [0.15, 0.2) is 12.4 Å². The smallest absolute Gasteiger partial charge is 0.265 e. The summed E-state index contributed by atoms with van der Waals surface area (Å²) in [5.41, 5.74) is -11.0. The van der Waals surface area contributed by atoms with Crippen molar-refractivity contribution in [3.63, 3.8) is 0 Å². The number of aromatic nitrogens is 2. The van der Waals surface area contributed by atoms with E-state index in [2.05, 4.69) is 16.1 Å². The summed E-state index contributed by atoms with van der Waals surface area (Å²) in [5.74, 6) is 1.27. The molecule has 106 valence electrons. The molecule has 1 aromatic rings. The van der Waals surface area contributed by atoms with Crippen LogP contribution in [0, 0.1) is 11.7 Å². The van der Waals surface area contributed by atoms with Gasteiger partial charge in [-0.1, -0.05) is 0 Å². The number of nitrogens with one attached hydrogen (secondary N) is 1. The van der Waals surface area contributed by atoms with Crippen LogP contribution in [0.2, 0.25) is 0 Å². The Morgan fingerprint density at radius 2 is 1.56 bits per heavy atom. The Bertz CT molecular complexity index is 384. The number of alkyl halides is 6. The van der Waals surface area contributed by atoms with Gasteiger partial charge in [0.15, 0.2) is 0 Å². The summed E-state index contributed by atoms with van der Waals surface area (Å²) in [4.78, 5) is 0. The minimum atomic E-state index is -5.49. The molecule has 1 N–H and O–H groups in total. The normalized spacial score (nSPS) is 12.3. The minimum absolute atomic E-state index is 1.27. The molecule has 0 unspecified atom stereocenters. The van der Waals surface area contributed by atoms with Crippen molar-refractivity contribution in [3.8, 4) is 0 Å². The average molecular weight is 296 g/mol. The van der Waals surface area contributed by atoms with Crippen molar-refractivity contribution in [2.24, 2.45) is 14.1 Å². The number of hydrogen-bond acceptors (Lipinski definition) is 1. The van der Waals surface area contributed by atoms with Crippen molar-refractivity contribution in [1.82, 2.24) is 4.57 Å². The number of hydrogen-bond donors (Lipinski definition) is 1. The van der Waals surface area contributed by atoms with Crippen LogP contribution in [0.25, 0.3) is 0 Å². The quantitative estimate of drug-likeness (QED) is 0.564. The molecule has 0 aliphatic carbocycles. The second-order valence-electron chi connectivity index (χ2n) is 3.26. The molecule has 0 saturated heterocycles. The Morgan fingerprint density at radius 1 is 1.17 bits per heavy atom. The van der Waals surface area contributed by atoms with Crippen LogP contribution in [0.1, 0.15) is 5.82 Å². The van der Waals surface area contributed by atoms with Gasteiger partial charge in [0, 0.05) is 6.92 Å². The zero-order valence-electron chi connectivity index (χ0n) is 9.73. The van der Waals surface area contributed by atoms with Crippen molar-refractivity contribution in [3.05, 3.63) is 18.2 Å². The number of aryl methyl sites for hydroxylation is 2. The van der Waals surface area contributed by atoms with E-state index in [0.717, 1.165) is 0 Å². The SMILES string of the molecule is Cc1n(C)cc[n+]1C.N=S(C(F)(F)F)C(F)(F)F. The van der Waals surface area contributed by atoms with Crippen LogP contribution in [0.3, 0.4) is 0 Å². The van der Waals surface area contributed by atoms with Gasteiger partial charge < -0.3 is 0 Å². The maximum absolute atomic E-state index is 11.0. The summed E-state index contributed by atoms with van der Waals surface area (Å²) in [5, 5.41) is 0. The summed E-state index contributed by atoms with van der Waals surface area (Å²) < 4.78 is 76.1. The van der Waals surface area contributed by atoms with Crippen LogP contribution in [-0.2, 0) is 24.8 Å². The molecule has 10 heteroatoms. The van der Waals surface area contributed by atoms with E-state index >= 15 is 0 Å². The molecule has 0 amide bonds. The van der Waals surface area contributed by atoms with Crippen molar-refractivity contribution in [2.45, 2.75) is 17.9 Å². The number of nitrogens with zero attached hydrogens (tertiary/aromatic N) is 2. The topological polar surface area (TPSA) is 32.7 Å². The molecule has 0 aromatic carbocycles. The lowest BCUT2D eigenvalue weighted by molar-refractivity contribution is -0.677. The molecule has 0 aliphatic heterocycles. The van der Waals surface area contributed by atoms with Gasteiger partial charge in [0.1, 0.15) is 23.1 Å². The fourth-order valence-electron chi connectivity index (χ4n) is 0.796. The predicted octanol–water partition coefficient (Wildman–Crippen LogP) is 2.56. The van der Waals surface area contributed by atoms with E-state index in [4.69, 9.17) is 4.78 Å². The van der Waals surface area contributed by atoms with E-state index in [1.54, 1.807) is 0 Å². The highest BCUT2D eigenvalue weighted by Crippen LogP contribution is 2.33. The van der Waals surface area contributed by atoms with Crippen molar-refractivity contribution in [1.29, 1.82) is 4.78 Å². The van der Waals surface area contributed by atoms with Gasteiger partial charge in [-0.2, -0.15) is 26.3 Å². The van der Waals surface area contributed by atoms with E-state index in [0.29, 0.717) is 0 Å². The first-order chi connectivity index (χ1) is 7.87. The second-order valence-corrected chi connectivity index (χ2v) is 4.80. The minimum Gasteiger partial charge on any atom is -0.265 e. The van der Waals surface area contributed by atoms with Gasteiger partial charge in [0.05, 0.1) is 14.1 Å². The fraction of sp³-hybridized carbons (Fsp3) is 0.625. The van der Waals surface area contributed by atoms with Crippen molar-refractivity contribution < 1.29 is 30.9 Å². The van der Waals surface area contributed by atoms with Crippen LogP contribution in [0.5, 0.6) is 0 Å². The summed E-state index contributed by atoms with van der Waals surface area (Å²) >= 11 is 0. The highest BCUT2D eigenvalue weighted by molar-refractivity contribution is 7.87. The number of imidazole rings is 1. The first-order valence-electron chi connectivity index (χ1n) is 4.44. The molecule has 1 heterocycles. The molecule has 0 aliphatic rings. The first kappa shape index (κ1) is 16.9. The van der Waals surface area contributed by atoms with Gasteiger partial charge in [-0.25, -0.2) is 9.13 Å². The van der Waals surface area contributed by atoms with Crippen LogP contribution in [0.4, 0.5) is 26.3 Å². The monoisotopic (exact) mass is 296 g/mol.